The van der Waals surface area contributed by atoms with Crippen molar-refractivity contribution in [1.82, 2.24) is 4.90 Å². The summed E-state index contributed by atoms with van der Waals surface area (Å²) in [5.41, 5.74) is 2.23. The monoisotopic (exact) mass is 472 g/mol. The number of carbonyl (C=O) groups excluding carboxylic acids is 1. The van der Waals surface area contributed by atoms with Gasteiger partial charge in [0.05, 0.1) is 13.2 Å². The fraction of sp³-hybridized carbons (Fsp3) is 0.458. The van der Waals surface area contributed by atoms with Gasteiger partial charge in [0.2, 0.25) is 0 Å². The van der Waals surface area contributed by atoms with E-state index >= 15 is 0 Å². The highest BCUT2D eigenvalue weighted by Crippen LogP contribution is 2.29. The number of halogens is 1. The number of likely N-dealkylation sites (tertiary alicyclic amines) is 1. The van der Waals surface area contributed by atoms with Gasteiger partial charge < -0.3 is 9.47 Å². The highest BCUT2D eigenvalue weighted by atomic mass is 79.9. The number of benzene rings is 2. The molecule has 2 saturated heterocycles. The van der Waals surface area contributed by atoms with Crippen LogP contribution in [0.5, 0.6) is 5.75 Å². The van der Waals surface area contributed by atoms with Crippen molar-refractivity contribution in [2.24, 2.45) is 5.92 Å². The molecule has 0 radical (unpaired) electrons. The van der Waals surface area contributed by atoms with E-state index in [1.807, 2.05) is 43.3 Å². The van der Waals surface area contributed by atoms with Crippen molar-refractivity contribution in [2.45, 2.75) is 32.3 Å². The van der Waals surface area contributed by atoms with Gasteiger partial charge in [0.25, 0.3) is 0 Å². The van der Waals surface area contributed by atoms with E-state index in [2.05, 4.69) is 33.0 Å². The Kier molecular flexibility index (Phi) is 6.95. The first-order valence-corrected chi connectivity index (χ1v) is 11.6. The number of rotatable bonds is 7. The molecule has 0 aliphatic carbocycles. The summed E-state index contributed by atoms with van der Waals surface area (Å²) < 4.78 is 12.4. The molecular weight excluding hydrogens is 444 g/mol. The van der Waals surface area contributed by atoms with Gasteiger partial charge in [0.1, 0.15) is 11.9 Å². The lowest BCUT2D eigenvalue weighted by Gasteiger charge is -2.33. The summed E-state index contributed by atoms with van der Waals surface area (Å²) in [6.45, 7) is 6.23. The summed E-state index contributed by atoms with van der Waals surface area (Å²) in [4.78, 5) is 16.4. The van der Waals surface area contributed by atoms with Crippen LogP contribution in [0.3, 0.4) is 0 Å². The molecule has 2 heterocycles. The third kappa shape index (κ3) is 5.16. The number of nitrogens with zero attached hydrogens (tertiary/aromatic N) is 2. The molecule has 2 aliphatic heterocycles. The molecule has 1 amide bonds. The van der Waals surface area contributed by atoms with Gasteiger partial charge in [-0.3, -0.25) is 9.80 Å². The van der Waals surface area contributed by atoms with Gasteiger partial charge in [-0.1, -0.05) is 34.1 Å². The predicted octanol–water partition coefficient (Wildman–Crippen LogP) is 5.13. The largest absolute Gasteiger partial charge is 0.494 e. The highest BCUT2D eigenvalue weighted by molar-refractivity contribution is 9.10. The van der Waals surface area contributed by atoms with E-state index in [1.54, 1.807) is 4.90 Å². The molecule has 0 saturated carbocycles. The SMILES string of the molecule is CCOc1ccc(Br)c(CC2CCN(CC3CN(c4ccccc4)C(=O)O3)CC2)c1. The lowest BCUT2D eigenvalue weighted by atomic mass is 9.90. The Bertz CT molecular complexity index is 853. The van der Waals surface area contributed by atoms with Crippen LogP contribution in [-0.4, -0.2) is 49.9 Å². The maximum absolute atomic E-state index is 12.3. The first-order chi connectivity index (χ1) is 14.6. The van der Waals surface area contributed by atoms with Crippen molar-refractivity contribution < 1.29 is 14.3 Å². The average molecular weight is 473 g/mol. The van der Waals surface area contributed by atoms with Crippen molar-refractivity contribution in [2.75, 3.05) is 37.7 Å². The Morgan fingerprint density at radius 2 is 1.90 bits per heavy atom. The highest BCUT2D eigenvalue weighted by Gasteiger charge is 2.34. The molecule has 0 N–H and O–H groups in total. The first-order valence-electron chi connectivity index (χ1n) is 10.8. The number of amides is 1. The quantitative estimate of drug-likeness (QED) is 0.560. The van der Waals surface area contributed by atoms with Crippen LogP contribution < -0.4 is 9.64 Å². The summed E-state index contributed by atoms with van der Waals surface area (Å²) in [5.74, 6) is 1.61. The second kappa shape index (κ2) is 9.84. The molecule has 2 aromatic rings. The Morgan fingerprint density at radius 3 is 2.63 bits per heavy atom. The predicted molar refractivity (Wildman–Crippen MR) is 122 cm³/mol. The van der Waals surface area contributed by atoms with Gasteiger partial charge in [0.15, 0.2) is 0 Å². The molecule has 30 heavy (non-hydrogen) atoms. The third-order valence-electron chi connectivity index (χ3n) is 5.95. The molecule has 0 bridgehead atoms. The molecule has 5 nitrogen and oxygen atoms in total. The van der Waals surface area contributed by atoms with Crippen molar-refractivity contribution in [3.8, 4) is 5.75 Å². The maximum atomic E-state index is 12.3. The maximum Gasteiger partial charge on any atom is 0.414 e. The summed E-state index contributed by atoms with van der Waals surface area (Å²) in [5, 5.41) is 0. The number of cyclic esters (lactones) is 1. The fourth-order valence-corrected chi connectivity index (χ4v) is 4.78. The van der Waals surface area contributed by atoms with Crippen molar-refractivity contribution >= 4 is 27.7 Å². The minimum Gasteiger partial charge on any atom is -0.494 e. The topological polar surface area (TPSA) is 42.0 Å². The van der Waals surface area contributed by atoms with Crippen LogP contribution in [0.4, 0.5) is 10.5 Å². The van der Waals surface area contributed by atoms with E-state index in [9.17, 15) is 4.79 Å². The molecular formula is C24H29BrN2O3. The number of anilines is 1. The standard InChI is InChI=1S/C24H29BrN2O3/c1-2-29-21-8-9-23(25)19(15-21)14-18-10-12-26(13-11-18)16-22-17-27(24(28)30-22)20-6-4-3-5-7-20/h3-9,15,18,22H,2,10-14,16-17H2,1H3. The van der Waals surface area contributed by atoms with Gasteiger partial charge in [-0.05, 0) is 81.1 Å². The molecule has 4 rings (SSSR count). The summed E-state index contributed by atoms with van der Waals surface area (Å²) in [6, 6.07) is 16.0. The summed E-state index contributed by atoms with van der Waals surface area (Å²) in [6.07, 6.45) is 3.09. The van der Waals surface area contributed by atoms with Crippen LogP contribution in [0.2, 0.25) is 0 Å². The number of para-hydroxylation sites is 1. The summed E-state index contributed by atoms with van der Waals surface area (Å²) in [7, 11) is 0. The molecule has 0 aromatic heterocycles. The van der Waals surface area contributed by atoms with E-state index < -0.39 is 0 Å². The van der Waals surface area contributed by atoms with Crippen LogP contribution in [-0.2, 0) is 11.2 Å². The van der Waals surface area contributed by atoms with Crippen LogP contribution in [0, 0.1) is 5.92 Å². The minimum atomic E-state index is -0.236. The minimum absolute atomic E-state index is 0.0636. The fourth-order valence-electron chi connectivity index (χ4n) is 4.37. The number of piperidine rings is 1. The second-order valence-electron chi connectivity index (χ2n) is 8.09. The van der Waals surface area contributed by atoms with Crippen molar-refractivity contribution in [1.29, 1.82) is 0 Å². The van der Waals surface area contributed by atoms with Gasteiger partial charge >= 0.3 is 6.09 Å². The van der Waals surface area contributed by atoms with Gasteiger partial charge in [-0.15, -0.1) is 0 Å². The number of hydrogen-bond acceptors (Lipinski definition) is 4. The smallest absolute Gasteiger partial charge is 0.414 e. The van der Waals surface area contributed by atoms with Gasteiger partial charge in [-0.25, -0.2) is 4.79 Å². The zero-order valence-electron chi connectivity index (χ0n) is 17.4. The summed E-state index contributed by atoms with van der Waals surface area (Å²) >= 11 is 3.69. The van der Waals surface area contributed by atoms with Crippen LogP contribution in [0.25, 0.3) is 0 Å². The average Bonchev–Trinajstić information content (AvgIpc) is 3.13. The zero-order valence-corrected chi connectivity index (χ0v) is 19.0. The normalized spacial score (nSPS) is 20.4. The van der Waals surface area contributed by atoms with Crippen LogP contribution in [0.1, 0.15) is 25.3 Å². The Morgan fingerprint density at radius 1 is 1.13 bits per heavy atom. The zero-order chi connectivity index (χ0) is 20.9. The molecule has 1 unspecified atom stereocenters. The van der Waals surface area contributed by atoms with E-state index in [0.29, 0.717) is 19.1 Å². The van der Waals surface area contributed by atoms with Crippen molar-refractivity contribution in [3.05, 3.63) is 58.6 Å². The Labute approximate surface area is 187 Å². The molecule has 6 heteroatoms. The lowest BCUT2D eigenvalue weighted by Crippen LogP contribution is -2.40. The molecule has 2 aliphatic rings. The number of hydrogen-bond donors (Lipinski definition) is 0. The molecule has 0 spiro atoms. The van der Waals surface area contributed by atoms with Crippen molar-refractivity contribution in [3.63, 3.8) is 0 Å². The number of carbonyl (C=O) groups is 1. The second-order valence-corrected chi connectivity index (χ2v) is 8.94. The van der Waals surface area contributed by atoms with E-state index in [1.165, 1.54) is 5.56 Å². The molecule has 2 fully saturated rings. The third-order valence-corrected chi connectivity index (χ3v) is 6.72. The van der Waals surface area contributed by atoms with Gasteiger partial charge in [-0.2, -0.15) is 0 Å². The van der Waals surface area contributed by atoms with Gasteiger partial charge in [0, 0.05) is 16.7 Å². The van der Waals surface area contributed by atoms with Crippen LogP contribution >= 0.6 is 15.9 Å². The van der Waals surface area contributed by atoms with E-state index in [4.69, 9.17) is 9.47 Å². The lowest BCUT2D eigenvalue weighted by molar-refractivity contribution is 0.0914. The first kappa shape index (κ1) is 21.2. The molecule has 2 aromatic carbocycles. The molecule has 1 atom stereocenters. The van der Waals surface area contributed by atoms with Crippen LogP contribution in [0.15, 0.2) is 53.0 Å². The van der Waals surface area contributed by atoms with E-state index in [-0.39, 0.29) is 12.2 Å². The Balaban J connectivity index is 1.26. The molecule has 160 valence electrons. The van der Waals surface area contributed by atoms with E-state index in [0.717, 1.165) is 54.8 Å². The Hall–Kier alpha value is -2.05. The number of ether oxygens (including phenoxy) is 2.